The van der Waals surface area contributed by atoms with Crippen molar-refractivity contribution in [3.63, 3.8) is 0 Å². The Kier molecular flexibility index (Phi) is 5.52. The van der Waals surface area contributed by atoms with Crippen molar-refractivity contribution in [2.75, 3.05) is 13.2 Å². The predicted octanol–water partition coefficient (Wildman–Crippen LogP) is -0.371. The molecular formula is C6H16N2O2. The van der Waals surface area contributed by atoms with Crippen molar-refractivity contribution < 1.29 is 9.47 Å². The van der Waals surface area contributed by atoms with Crippen molar-refractivity contribution in [3.05, 3.63) is 0 Å². The van der Waals surface area contributed by atoms with Gasteiger partial charge in [0.15, 0.2) is 0 Å². The van der Waals surface area contributed by atoms with Gasteiger partial charge in [-0.25, -0.2) is 0 Å². The molecule has 0 saturated carbocycles. The van der Waals surface area contributed by atoms with E-state index in [-0.39, 0.29) is 12.5 Å². The second-order valence-corrected chi connectivity index (χ2v) is 2.15. The molecule has 2 unspecified atom stereocenters. The van der Waals surface area contributed by atoms with Crippen LogP contribution in [0.1, 0.15) is 13.8 Å². The molecule has 0 aromatic carbocycles. The first kappa shape index (κ1) is 9.84. The summed E-state index contributed by atoms with van der Waals surface area (Å²) in [5.41, 5.74) is 10.6. The van der Waals surface area contributed by atoms with Gasteiger partial charge in [0.2, 0.25) is 0 Å². The van der Waals surface area contributed by atoms with Gasteiger partial charge >= 0.3 is 0 Å². The first-order valence-electron chi connectivity index (χ1n) is 3.37. The first-order chi connectivity index (χ1) is 4.63. The van der Waals surface area contributed by atoms with Crippen molar-refractivity contribution in [1.82, 2.24) is 0 Å². The second kappa shape index (κ2) is 5.61. The summed E-state index contributed by atoms with van der Waals surface area (Å²) in [7, 11) is 0. The highest BCUT2D eigenvalue weighted by Crippen LogP contribution is 1.83. The first-order valence-corrected chi connectivity index (χ1v) is 3.37. The molecule has 0 fully saturated rings. The lowest BCUT2D eigenvalue weighted by molar-refractivity contribution is -0.00790. The smallest absolute Gasteiger partial charge is 0.102 e. The monoisotopic (exact) mass is 148 g/mol. The molecule has 10 heavy (non-hydrogen) atoms. The maximum atomic E-state index is 5.30. The lowest BCUT2D eigenvalue weighted by Gasteiger charge is -2.09. The molecule has 0 amide bonds. The van der Waals surface area contributed by atoms with Gasteiger partial charge in [0.1, 0.15) is 12.5 Å². The Morgan fingerprint density at radius 2 is 1.30 bits per heavy atom. The van der Waals surface area contributed by atoms with Gasteiger partial charge in [0.25, 0.3) is 0 Å². The lowest BCUT2D eigenvalue weighted by atomic mass is 10.6. The Morgan fingerprint density at radius 3 is 1.50 bits per heavy atom. The fourth-order valence-electron chi connectivity index (χ4n) is 0.468. The molecule has 0 rings (SSSR count). The zero-order valence-corrected chi connectivity index (χ0v) is 6.54. The molecule has 2 atom stereocenters. The van der Waals surface area contributed by atoms with Crippen LogP contribution in [0.2, 0.25) is 0 Å². The minimum atomic E-state index is -0.225. The highest BCUT2D eigenvalue weighted by atomic mass is 16.5. The zero-order valence-electron chi connectivity index (χ0n) is 6.54. The van der Waals surface area contributed by atoms with Crippen LogP contribution in [0.4, 0.5) is 0 Å². The van der Waals surface area contributed by atoms with Crippen LogP contribution in [0, 0.1) is 0 Å². The quantitative estimate of drug-likeness (QED) is 0.412. The van der Waals surface area contributed by atoms with Gasteiger partial charge in [-0.05, 0) is 13.8 Å². The van der Waals surface area contributed by atoms with Crippen molar-refractivity contribution in [2.45, 2.75) is 26.3 Å². The molecule has 4 nitrogen and oxygen atoms in total. The van der Waals surface area contributed by atoms with Crippen LogP contribution >= 0.6 is 0 Å². The van der Waals surface area contributed by atoms with E-state index in [0.29, 0.717) is 13.2 Å². The number of rotatable bonds is 5. The SMILES string of the molecule is CC(N)OCCOC(C)N. The average molecular weight is 148 g/mol. The molecule has 0 aliphatic carbocycles. The van der Waals surface area contributed by atoms with Gasteiger partial charge in [-0.2, -0.15) is 0 Å². The largest absolute Gasteiger partial charge is 0.362 e. The van der Waals surface area contributed by atoms with E-state index < -0.39 is 0 Å². The van der Waals surface area contributed by atoms with E-state index in [1.807, 2.05) is 0 Å². The Morgan fingerprint density at radius 1 is 1.00 bits per heavy atom. The molecule has 4 heteroatoms. The molecule has 0 radical (unpaired) electrons. The Labute approximate surface area is 61.5 Å². The highest BCUT2D eigenvalue weighted by Gasteiger charge is 1.94. The second-order valence-electron chi connectivity index (χ2n) is 2.15. The van der Waals surface area contributed by atoms with Crippen LogP contribution < -0.4 is 11.5 Å². The van der Waals surface area contributed by atoms with E-state index >= 15 is 0 Å². The van der Waals surface area contributed by atoms with Crippen molar-refractivity contribution in [1.29, 1.82) is 0 Å². The standard InChI is InChI=1S/C6H16N2O2/c1-5(7)9-3-4-10-6(2)8/h5-6H,3-4,7-8H2,1-2H3. The Bertz CT molecular complexity index is 66.1. The fraction of sp³-hybridized carbons (Fsp3) is 1.00. The molecule has 0 aliphatic rings. The van der Waals surface area contributed by atoms with E-state index in [2.05, 4.69) is 0 Å². The highest BCUT2D eigenvalue weighted by molar-refractivity contribution is 4.37. The summed E-state index contributed by atoms with van der Waals surface area (Å²) in [6.07, 6.45) is -0.451. The summed E-state index contributed by atoms with van der Waals surface area (Å²) in [5.74, 6) is 0. The zero-order chi connectivity index (χ0) is 7.98. The van der Waals surface area contributed by atoms with E-state index in [1.54, 1.807) is 13.8 Å². The number of ether oxygens (including phenoxy) is 2. The average Bonchev–Trinajstić information content (AvgIpc) is 1.79. The molecule has 62 valence electrons. The molecule has 0 aromatic heterocycles. The maximum Gasteiger partial charge on any atom is 0.102 e. The Hall–Kier alpha value is -0.160. The summed E-state index contributed by atoms with van der Waals surface area (Å²) < 4.78 is 9.98. The van der Waals surface area contributed by atoms with Gasteiger partial charge in [-0.15, -0.1) is 0 Å². The van der Waals surface area contributed by atoms with Gasteiger partial charge in [-0.1, -0.05) is 0 Å². The van der Waals surface area contributed by atoms with Crippen molar-refractivity contribution in [2.24, 2.45) is 11.5 Å². The molecule has 4 N–H and O–H groups in total. The molecular weight excluding hydrogens is 132 g/mol. The molecule has 0 heterocycles. The Balaban J connectivity index is 2.91. The maximum absolute atomic E-state index is 5.30. The van der Waals surface area contributed by atoms with Gasteiger partial charge in [0.05, 0.1) is 13.2 Å². The summed E-state index contributed by atoms with van der Waals surface area (Å²) in [4.78, 5) is 0. The van der Waals surface area contributed by atoms with Gasteiger partial charge < -0.3 is 20.9 Å². The summed E-state index contributed by atoms with van der Waals surface area (Å²) >= 11 is 0. The molecule has 0 aliphatic heterocycles. The van der Waals surface area contributed by atoms with E-state index in [4.69, 9.17) is 20.9 Å². The predicted molar refractivity (Wildman–Crippen MR) is 39.2 cm³/mol. The van der Waals surface area contributed by atoms with Gasteiger partial charge in [0, 0.05) is 0 Å². The molecule has 0 spiro atoms. The normalized spacial score (nSPS) is 16.8. The van der Waals surface area contributed by atoms with Crippen LogP contribution in [0.25, 0.3) is 0 Å². The fourth-order valence-corrected chi connectivity index (χ4v) is 0.468. The van der Waals surface area contributed by atoms with E-state index in [9.17, 15) is 0 Å². The van der Waals surface area contributed by atoms with Crippen LogP contribution in [0.3, 0.4) is 0 Å². The number of hydrogen-bond donors (Lipinski definition) is 2. The van der Waals surface area contributed by atoms with E-state index in [0.717, 1.165) is 0 Å². The summed E-state index contributed by atoms with van der Waals surface area (Å²) in [5, 5.41) is 0. The van der Waals surface area contributed by atoms with Crippen LogP contribution in [-0.4, -0.2) is 25.7 Å². The van der Waals surface area contributed by atoms with Crippen molar-refractivity contribution in [3.8, 4) is 0 Å². The number of hydrogen-bond acceptors (Lipinski definition) is 4. The third-order valence-electron chi connectivity index (χ3n) is 0.845. The summed E-state index contributed by atoms with van der Waals surface area (Å²) in [6.45, 7) is 4.54. The molecule has 0 saturated heterocycles. The molecule has 0 bridgehead atoms. The molecule has 0 aromatic rings. The summed E-state index contributed by atoms with van der Waals surface area (Å²) in [6, 6.07) is 0. The van der Waals surface area contributed by atoms with Crippen LogP contribution in [-0.2, 0) is 9.47 Å². The van der Waals surface area contributed by atoms with E-state index in [1.165, 1.54) is 0 Å². The lowest BCUT2D eigenvalue weighted by Crippen LogP contribution is -2.25. The van der Waals surface area contributed by atoms with Crippen LogP contribution in [0.5, 0.6) is 0 Å². The van der Waals surface area contributed by atoms with Crippen molar-refractivity contribution >= 4 is 0 Å². The topological polar surface area (TPSA) is 70.5 Å². The van der Waals surface area contributed by atoms with Crippen LogP contribution in [0.15, 0.2) is 0 Å². The number of nitrogens with two attached hydrogens (primary N) is 2. The van der Waals surface area contributed by atoms with Gasteiger partial charge in [-0.3, -0.25) is 0 Å². The minimum Gasteiger partial charge on any atom is -0.362 e. The minimum absolute atomic E-state index is 0.225. The third-order valence-corrected chi connectivity index (χ3v) is 0.845. The third kappa shape index (κ3) is 7.84.